The van der Waals surface area contributed by atoms with Gasteiger partial charge in [-0.15, -0.1) is 0 Å². The Kier molecular flexibility index (Phi) is 4.56. The fourth-order valence-electron chi connectivity index (χ4n) is 0.614. The molecule has 2 N–H and O–H groups in total. The van der Waals surface area contributed by atoms with Crippen LogP contribution in [0.2, 0.25) is 0 Å². The first kappa shape index (κ1) is 12.9. The van der Waals surface area contributed by atoms with Gasteiger partial charge < -0.3 is 15.2 Å². The van der Waals surface area contributed by atoms with Crippen LogP contribution < -0.4 is 5.73 Å². The molecule has 0 aromatic rings. The van der Waals surface area contributed by atoms with E-state index < -0.39 is 18.0 Å². The van der Waals surface area contributed by atoms with Crippen molar-refractivity contribution in [3.63, 3.8) is 0 Å². The van der Waals surface area contributed by atoms with Crippen molar-refractivity contribution >= 4 is 11.9 Å². The number of hydrogen-bond donors (Lipinski definition) is 1. The molecule has 0 aliphatic rings. The molecule has 0 aromatic heterocycles. The smallest absolute Gasteiger partial charge is 0.326 e. The Balaban J connectivity index is 3.91. The lowest BCUT2D eigenvalue weighted by atomic mass is 9.87. The number of carbonyl (C=O) groups is 2. The summed E-state index contributed by atoms with van der Waals surface area (Å²) in [5.41, 5.74) is 5.23. The fourth-order valence-corrected chi connectivity index (χ4v) is 0.614. The Morgan fingerprint density at radius 2 is 1.79 bits per heavy atom. The normalized spacial score (nSPS) is 13.2. The summed E-state index contributed by atoms with van der Waals surface area (Å²) in [6, 6.07) is -0.724. The van der Waals surface area contributed by atoms with Gasteiger partial charge in [-0.2, -0.15) is 0 Å². The Hall–Kier alpha value is -1.10. The molecule has 0 bridgehead atoms. The number of hydrogen-bond acceptors (Lipinski definition) is 5. The standard InChI is InChI=1S/C9H17NO4/c1-6(11)13-5-14-8(12)7(10)9(2,3)4/h7H,5,10H2,1-4H3/t7-/m1/s1. The predicted molar refractivity (Wildman–Crippen MR) is 50.2 cm³/mol. The molecule has 0 aromatic carbocycles. The van der Waals surface area contributed by atoms with E-state index in [9.17, 15) is 9.59 Å². The van der Waals surface area contributed by atoms with E-state index in [0.29, 0.717) is 0 Å². The summed E-state index contributed by atoms with van der Waals surface area (Å²) in [5, 5.41) is 0. The lowest BCUT2D eigenvalue weighted by molar-refractivity contribution is -0.168. The van der Waals surface area contributed by atoms with Crippen molar-refractivity contribution in [1.29, 1.82) is 0 Å². The molecular weight excluding hydrogens is 186 g/mol. The van der Waals surface area contributed by atoms with E-state index in [1.165, 1.54) is 6.92 Å². The second kappa shape index (κ2) is 4.95. The van der Waals surface area contributed by atoms with Crippen LogP contribution >= 0.6 is 0 Å². The summed E-state index contributed by atoms with van der Waals surface area (Å²) in [7, 11) is 0. The maximum Gasteiger partial charge on any atom is 0.326 e. The molecule has 0 aliphatic heterocycles. The highest BCUT2D eigenvalue weighted by Crippen LogP contribution is 2.17. The Bertz CT molecular complexity index is 219. The molecule has 0 aliphatic carbocycles. The summed E-state index contributed by atoms with van der Waals surface area (Å²) in [6.45, 7) is 6.33. The van der Waals surface area contributed by atoms with Crippen molar-refractivity contribution in [2.24, 2.45) is 11.1 Å². The molecule has 0 unspecified atom stereocenters. The zero-order chi connectivity index (χ0) is 11.4. The van der Waals surface area contributed by atoms with Gasteiger partial charge in [0.15, 0.2) is 0 Å². The van der Waals surface area contributed by atoms with E-state index in [2.05, 4.69) is 9.47 Å². The highest BCUT2D eigenvalue weighted by molar-refractivity contribution is 5.76. The third-order valence-corrected chi connectivity index (χ3v) is 1.65. The highest BCUT2D eigenvalue weighted by Gasteiger charge is 2.28. The lowest BCUT2D eigenvalue weighted by Gasteiger charge is -2.24. The van der Waals surface area contributed by atoms with Crippen molar-refractivity contribution in [3.05, 3.63) is 0 Å². The van der Waals surface area contributed by atoms with Crippen LogP contribution in [-0.4, -0.2) is 24.8 Å². The fraction of sp³-hybridized carbons (Fsp3) is 0.778. The van der Waals surface area contributed by atoms with Crippen LogP contribution in [0.15, 0.2) is 0 Å². The minimum Gasteiger partial charge on any atom is -0.428 e. The zero-order valence-electron chi connectivity index (χ0n) is 8.99. The molecule has 14 heavy (non-hydrogen) atoms. The lowest BCUT2D eigenvalue weighted by Crippen LogP contribution is -2.43. The van der Waals surface area contributed by atoms with Crippen LogP contribution in [0, 0.1) is 5.41 Å². The number of rotatable bonds is 3. The number of nitrogens with two attached hydrogens (primary N) is 1. The molecule has 0 heterocycles. The Labute approximate surface area is 83.5 Å². The van der Waals surface area contributed by atoms with Crippen molar-refractivity contribution in [2.45, 2.75) is 33.7 Å². The summed E-state index contributed by atoms with van der Waals surface area (Å²) in [4.78, 5) is 21.6. The van der Waals surface area contributed by atoms with Crippen LogP contribution in [0.3, 0.4) is 0 Å². The van der Waals surface area contributed by atoms with Gasteiger partial charge in [-0.25, -0.2) is 0 Å². The van der Waals surface area contributed by atoms with Crippen LogP contribution in [0.4, 0.5) is 0 Å². The summed E-state index contributed by atoms with van der Waals surface area (Å²) in [6.07, 6.45) is 0. The summed E-state index contributed by atoms with van der Waals surface area (Å²) in [5.74, 6) is -1.07. The summed E-state index contributed by atoms with van der Waals surface area (Å²) < 4.78 is 9.07. The maximum absolute atomic E-state index is 11.2. The molecule has 0 radical (unpaired) electrons. The first-order chi connectivity index (χ1) is 6.25. The first-order valence-electron chi connectivity index (χ1n) is 4.30. The first-order valence-corrected chi connectivity index (χ1v) is 4.30. The predicted octanol–water partition coefficient (Wildman–Crippen LogP) is 0.424. The Morgan fingerprint density at radius 3 is 2.14 bits per heavy atom. The molecule has 0 fully saturated rings. The van der Waals surface area contributed by atoms with Crippen LogP contribution in [0.25, 0.3) is 0 Å². The molecule has 0 saturated carbocycles. The van der Waals surface area contributed by atoms with Crippen molar-refractivity contribution in [1.82, 2.24) is 0 Å². The van der Waals surface area contributed by atoms with Crippen molar-refractivity contribution < 1.29 is 19.1 Å². The Morgan fingerprint density at radius 1 is 1.29 bits per heavy atom. The van der Waals surface area contributed by atoms with E-state index in [4.69, 9.17) is 5.73 Å². The van der Waals surface area contributed by atoms with E-state index in [-0.39, 0.29) is 12.2 Å². The second-order valence-electron chi connectivity index (χ2n) is 4.06. The van der Waals surface area contributed by atoms with Gasteiger partial charge in [-0.3, -0.25) is 9.59 Å². The SMILES string of the molecule is CC(=O)OCOC(=O)[C@@H](N)C(C)(C)C. The van der Waals surface area contributed by atoms with Gasteiger partial charge in [0.05, 0.1) is 0 Å². The maximum atomic E-state index is 11.2. The van der Waals surface area contributed by atoms with Gasteiger partial charge in [0.2, 0.25) is 6.79 Å². The van der Waals surface area contributed by atoms with Gasteiger partial charge in [0.1, 0.15) is 6.04 Å². The molecular formula is C9H17NO4. The zero-order valence-corrected chi connectivity index (χ0v) is 8.99. The van der Waals surface area contributed by atoms with Gasteiger partial charge >= 0.3 is 11.9 Å². The minimum absolute atomic E-state index is 0.368. The monoisotopic (exact) mass is 203 g/mol. The van der Waals surface area contributed by atoms with E-state index in [1.807, 2.05) is 20.8 Å². The summed E-state index contributed by atoms with van der Waals surface area (Å²) >= 11 is 0. The van der Waals surface area contributed by atoms with Crippen molar-refractivity contribution in [2.75, 3.05) is 6.79 Å². The second-order valence-corrected chi connectivity index (χ2v) is 4.06. The number of ether oxygens (including phenoxy) is 2. The number of carbonyl (C=O) groups excluding carboxylic acids is 2. The molecule has 0 spiro atoms. The average molecular weight is 203 g/mol. The third-order valence-electron chi connectivity index (χ3n) is 1.65. The van der Waals surface area contributed by atoms with Crippen LogP contribution in [0.5, 0.6) is 0 Å². The molecule has 0 amide bonds. The number of esters is 2. The molecule has 0 saturated heterocycles. The molecule has 82 valence electrons. The largest absolute Gasteiger partial charge is 0.428 e. The highest BCUT2D eigenvalue weighted by atomic mass is 16.7. The van der Waals surface area contributed by atoms with Crippen LogP contribution in [0.1, 0.15) is 27.7 Å². The quantitative estimate of drug-likeness (QED) is 0.531. The third kappa shape index (κ3) is 4.81. The molecule has 1 atom stereocenters. The molecule has 5 heteroatoms. The van der Waals surface area contributed by atoms with Gasteiger partial charge in [0, 0.05) is 6.92 Å². The molecule has 5 nitrogen and oxygen atoms in total. The van der Waals surface area contributed by atoms with Crippen LogP contribution in [-0.2, 0) is 19.1 Å². The molecule has 0 rings (SSSR count). The minimum atomic E-state index is -0.724. The van der Waals surface area contributed by atoms with Gasteiger partial charge in [0.25, 0.3) is 0 Å². The van der Waals surface area contributed by atoms with E-state index in [0.717, 1.165) is 0 Å². The van der Waals surface area contributed by atoms with Gasteiger partial charge in [-0.1, -0.05) is 20.8 Å². The van der Waals surface area contributed by atoms with E-state index in [1.54, 1.807) is 0 Å². The topological polar surface area (TPSA) is 78.6 Å². The van der Waals surface area contributed by atoms with Crippen molar-refractivity contribution in [3.8, 4) is 0 Å². The van der Waals surface area contributed by atoms with Gasteiger partial charge in [-0.05, 0) is 5.41 Å². The van der Waals surface area contributed by atoms with E-state index >= 15 is 0 Å². The average Bonchev–Trinajstić information content (AvgIpc) is 2.00.